The molecule has 3 aliphatic rings. The predicted molar refractivity (Wildman–Crippen MR) is 86.9 cm³/mol. The third-order valence-corrected chi connectivity index (χ3v) is 5.68. The summed E-state index contributed by atoms with van der Waals surface area (Å²) in [4.78, 5) is 21.0. The van der Waals surface area contributed by atoms with Crippen LogP contribution in [-0.2, 0) is 4.74 Å². The molecule has 0 aliphatic carbocycles. The maximum atomic E-state index is 12.8. The average Bonchev–Trinajstić information content (AvgIpc) is 3.16. The fourth-order valence-corrected chi connectivity index (χ4v) is 4.73. The standard InChI is InChI=1S/C17H24N4O2/c1-20(2)8-12-13-9-21(10-17(13)6-5-14(12)23-17)16(22)11-3-4-15(18)19-7-11/h3-4,7,12-14H,5-6,8-10H2,1-2H3,(H2,18,19)/t12-,13+,14+,17+/m1/s1. The summed E-state index contributed by atoms with van der Waals surface area (Å²) in [5.74, 6) is 1.46. The van der Waals surface area contributed by atoms with E-state index in [9.17, 15) is 4.79 Å². The normalized spacial score (nSPS) is 35.1. The number of amides is 1. The van der Waals surface area contributed by atoms with Crippen molar-refractivity contribution in [2.45, 2.75) is 24.5 Å². The first-order valence-electron chi connectivity index (χ1n) is 8.32. The molecule has 1 aromatic heterocycles. The largest absolute Gasteiger partial charge is 0.384 e. The van der Waals surface area contributed by atoms with E-state index in [4.69, 9.17) is 10.5 Å². The van der Waals surface area contributed by atoms with Crippen LogP contribution in [0.15, 0.2) is 18.3 Å². The van der Waals surface area contributed by atoms with Gasteiger partial charge in [-0.25, -0.2) is 4.98 Å². The zero-order chi connectivity index (χ0) is 16.2. The lowest BCUT2D eigenvalue weighted by Gasteiger charge is -2.30. The molecule has 2 bridgehead atoms. The van der Waals surface area contributed by atoms with E-state index >= 15 is 0 Å². The van der Waals surface area contributed by atoms with Gasteiger partial charge < -0.3 is 20.3 Å². The molecule has 4 heterocycles. The zero-order valence-corrected chi connectivity index (χ0v) is 13.7. The minimum Gasteiger partial charge on any atom is -0.384 e. The Morgan fingerprint density at radius 2 is 2.35 bits per heavy atom. The highest BCUT2D eigenvalue weighted by atomic mass is 16.5. The SMILES string of the molecule is CN(C)C[C@H]1[C@@H]2CC[C@@]3(CN(C(=O)c4ccc(N)nc4)C[C@@H]13)O2. The number of nitrogens with zero attached hydrogens (tertiary/aromatic N) is 3. The highest BCUT2D eigenvalue weighted by molar-refractivity contribution is 5.94. The molecule has 3 aliphatic heterocycles. The van der Waals surface area contributed by atoms with Crippen molar-refractivity contribution in [3.8, 4) is 0 Å². The average molecular weight is 316 g/mol. The number of rotatable bonds is 3. The van der Waals surface area contributed by atoms with E-state index < -0.39 is 0 Å². The smallest absolute Gasteiger partial charge is 0.255 e. The van der Waals surface area contributed by atoms with Gasteiger partial charge in [0.25, 0.3) is 5.91 Å². The Hall–Kier alpha value is -1.66. The Labute approximate surface area is 136 Å². The minimum atomic E-state index is -0.109. The molecule has 23 heavy (non-hydrogen) atoms. The molecule has 0 aromatic carbocycles. The summed E-state index contributed by atoms with van der Waals surface area (Å²) in [5.41, 5.74) is 6.10. The van der Waals surface area contributed by atoms with Crippen LogP contribution in [0.25, 0.3) is 0 Å². The van der Waals surface area contributed by atoms with Crippen molar-refractivity contribution in [3.63, 3.8) is 0 Å². The monoisotopic (exact) mass is 316 g/mol. The van der Waals surface area contributed by atoms with E-state index in [1.54, 1.807) is 18.3 Å². The summed E-state index contributed by atoms with van der Waals surface area (Å²) in [7, 11) is 4.22. The molecule has 3 saturated heterocycles. The summed E-state index contributed by atoms with van der Waals surface area (Å²) < 4.78 is 6.38. The van der Waals surface area contributed by atoms with E-state index in [0.29, 0.717) is 35.9 Å². The topological polar surface area (TPSA) is 71.7 Å². The van der Waals surface area contributed by atoms with Crippen LogP contribution >= 0.6 is 0 Å². The summed E-state index contributed by atoms with van der Waals surface area (Å²) in [6, 6.07) is 3.44. The van der Waals surface area contributed by atoms with Crippen LogP contribution < -0.4 is 5.73 Å². The third kappa shape index (κ3) is 2.32. The van der Waals surface area contributed by atoms with Crippen molar-refractivity contribution in [1.29, 1.82) is 0 Å². The summed E-state index contributed by atoms with van der Waals surface area (Å²) in [5, 5.41) is 0. The first-order valence-corrected chi connectivity index (χ1v) is 8.32. The first-order chi connectivity index (χ1) is 11.0. The van der Waals surface area contributed by atoms with Gasteiger partial charge in [0.2, 0.25) is 0 Å². The van der Waals surface area contributed by atoms with Crippen molar-refractivity contribution in [2.24, 2.45) is 11.8 Å². The molecule has 6 nitrogen and oxygen atoms in total. The maximum absolute atomic E-state index is 12.8. The molecular formula is C17H24N4O2. The van der Waals surface area contributed by atoms with Gasteiger partial charge in [-0.05, 0) is 39.1 Å². The molecule has 4 rings (SSSR count). The van der Waals surface area contributed by atoms with Crippen molar-refractivity contribution >= 4 is 11.7 Å². The van der Waals surface area contributed by atoms with Gasteiger partial charge >= 0.3 is 0 Å². The summed E-state index contributed by atoms with van der Waals surface area (Å²) in [6.07, 6.45) is 4.15. The Bertz CT molecular complexity index is 618. The molecule has 1 amide bonds. The molecule has 124 valence electrons. The number of anilines is 1. The maximum Gasteiger partial charge on any atom is 0.255 e. The number of carbonyl (C=O) groups excluding carboxylic acids is 1. The zero-order valence-electron chi connectivity index (χ0n) is 13.7. The summed E-state index contributed by atoms with van der Waals surface area (Å²) >= 11 is 0. The highest BCUT2D eigenvalue weighted by Crippen LogP contribution is 2.55. The lowest BCUT2D eigenvalue weighted by atomic mass is 9.73. The second-order valence-electron chi connectivity index (χ2n) is 7.45. The lowest BCUT2D eigenvalue weighted by Crippen LogP contribution is -2.40. The second-order valence-corrected chi connectivity index (χ2v) is 7.45. The molecule has 4 atom stereocenters. The third-order valence-electron chi connectivity index (χ3n) is 5.68. The fraction of sp³-hybridized carbons (Fsp3) is 0.647. The van der Waals surface area contributed by atoms with Gasteiger partial charge in [-0.3, -0.25) is 4.79 Å². The van der Waals surface area contributed by atoms with Crippen molar-refractivity contribution < 1.29 is 9.53 Å². The number of hydrogen-bond donors (Lipinski definition) is 1. The fourth-order valence-electron chi connectivity index (χ4n) is 4.73. The molecule has 1 aromatic rings. The number of nitrogens with two attached hydrogens (primary N) is 1. The quantitative estimate of drug-likeness (QED) is 0.895. The van der Waals surface area contributed by atoms with Crippen LogP contribution in [0.2, 0.25) is 0 Å². The predicted octanol–water partition coefficient (Wildman–Crippen LogP) is 0.845. The number of pyridine rings is 1. The van der Waals surface area contributed by atoms with E-state index in [0.717, 1.165) is 25.9 Å². The number of likely N-dealkylation sites (tertiary alicyclic amines) is 1. The van der Waals surface area contributed by atoms with Gasteiger partial charge in [0, 0.05) is 31.1 Å². The number of fused-ring (bicyclic) bond motifs is 1. The van der Waals surface area contributed by atoms with Crippen LogP contribution in [0.5, 0.6) is 0 Å². The van der Waals surface area contributed by atoms with Gasteiger partial charge in [-0.2, -0.15) is 0 Å². The second kappa shape index (κ2) is 5.18. The van der Waals surface area contributed by atoms with Crippen LogP contribution in [0, 0.1) is 11.8 Å². The van der Waals surface area contributed by atoms with Gasteiger partial charge in [-0.1, -0.05) is 0 Å². The van der Waals surface area contributed by atoms with Crippen LogP contribution in [0.3, 0.4) is 0 Å². The number of ether oxygens (including phenoxy) is 1. The Balaban J connectivity index is 1.54. The molecular weight excluding hydrogens is 292 g/mol. The number of hydrogen-bond acceptors (Lipinski definition) is 5. The van der Waals surface area contributed by atoms with E-state index in [1.165, 1.54) is 0 Å². The number of aromatic nitrogens is 1. The molecule has 0 saturated carbocycles. The molecule has 0 unspecified atom stereocenters. The van der Waals surface area contributed by atoms with Gasteiger partial charge in [-0.15, -0.1) is 0 Å². The Kier molecular flexibility index (Phi) is 3.35. The van der Waals surface area contributed by atoms with Gasteiger partial charge in [0.1, 0.15) is 5.82 Å². The van der Waals surface area contributed by atoms with Crippen LogP contribution in [-0.4, -0.2) is 66.1 Å². The van der Waals surface area contributed by atoms with E-state index in [1.807, 2.05) is 4.90 Å². The molecule has 1 spiro atoms. The minimum absolute atomic E-state index is 0.0388. The summed E-state index contributed by atoms with van der Waals surface area (Å²) in [6.45, 7) is 2.53. The van der Waals surface area contributed by atoms with Crippen molar-refractivity contribution in [1.82, 2.24) is 14.8 Å². The Morgan fingerprint density at radius 3 is 3.04 bits per heavy atom. The van der Waals surface area contributed by atoms with Crippen molar-refractivity contribution in [2.75, 3.05) is 39.5 Å². The van der Waals surface area contributed by atoms with Crippen LogP contribution in [0.1, 0.15) is 23.2 Å². The van der Waals surface area contributed by atoms with E-state index in [-0.39, 0.29) is 11.5 Å². The molecule has 0 radical (unpaired) electrons. The van der Waals surface area contributed by atoms with Gasteiger partial charge in [0.05, 0.1) is 23.8 Å². The van der Waals surface area contributed by atoms with Crippen molar-refractivity contribution in [3.05, 3.63) is 23.9 Å². The van der Waals surface area contributed by atoms with Gasteiger partial charge in [0.15, 0.2) is 0 Å². The molecule has 6 heteroatoms. The Morgan fingerprint density at radius 1 is 1.52 bits per heavy atom. The molecule has 3 fully saturated rings. The molecule has 2 N–H and O–H groups in total. The lowest BCUT2D eigenvalue weighted by molar-refractivity contribution is 0.00256. The number of carbonyl (C=O) groups is 1. The highest BCUT2D eigenvalue weighted by Gasteiger charge is 2.63. The van der Waals surface area contributed by atoms with E-state index in [2.05, 4.69) is 24.0 Å². The van der Waals surface area contributed by atoms with Crippen LogP contribution in [0.4, 0.5) is 5.82 Å². The number of nitrogen functional groups attached to an aromatic ring is 1. The first kappa shape index (κ1) is 14.9.